The van der Waals surface area contributed by atoms with Gasteiger partial charge in [-0.05, 0) is 12.1 Å². The maximum absolute atomic E-state index is 8.49. The molecule has 18 heavy (non-hydrogen) atoms. The summed E-state index contributed by atoms with van der Waals surface area (Å²) in [5, 5.41) is 14.5. The summed E-state index contributed by atoms with van der Waals surface area (Å²) in [5.41, 5.74) is 1.08. The van der Waals surface area contributed by atoms with Crippen molar-refractivity contribution in [3.05, 3.63) is 30.1 Å². The largest absolute Gasteiger partial charge is 0.354 e. The van der Waals surface area contributed by atoms with Crippen LogP contribution in [0.2, 0.25) is 0 Å². The fourth-order valence-electron chi connectivity index (χ4n) is 1.24. The number of hydrogen-bond acceptors (Lipinski definition) is 4. The lowest BCUT2D eigenvalue weighted by atomic mass is 10.4. The predicted octanol–water partition coefficient (Wildman–Crippen LogP) is 1.35. The van der Waals surface area contributed by atoms with E-state index in [2.05, 4.69) is 27.5 Å². The second kappa shape index (κ2) is 8.37. The minimum Gasteiger partial charge on any atom is -0.354 e. The molecule has 1 aromatic rings. The summed E-state index contributed by atoms with van der Waals surface area (Å²) in [4.78, 5) is 8.19. The molecule has 1 aromatic heterocycles. The fraction of sp³-hybridized carbons (Fsp3) is 0.417. The Bertz CT molecular complexity index is 412. The summed E-state index contributed by atoms with van der Waals surface area (Å²) in [7, 11) is 1.64. The van der Waals surface area contributed by atoms with E-state index in [1.54, 1.807) is 13.2 Å². The topological polar surface area (TPSA) is 73.1 Å². The number of pyridine rings is 1. The van der Waals surface area contributed by atoms with E-state index in [-0.39, 0.29) is 0 Å². The first kappa shape index (κ1) is 14.3. The third kappa shape index (κ3) is 5.55. The number of nitrogens with zero attached hydrogens (tertiary/aromatic N) is 3. The third-order valence-electron chi connectivity index (χ3n) is 2.20. The number of hydrogen-bond donors (Lipinski definition) is 2. The SMILES string of the molecule is CN=C(NC#N)NCC(C)SCc1ccccn1. The standard InChI is InChI=1S/C12H17N5S/c1-10(7-16-12(14-2)17-9-13)18-8-11-5-3-4-6-15-11/h3-6,10H,7-8H2,1-2H3,(H2,14,16,17). The Hall–Kier alpha value is -1.74. The van der Waals surface area contributed by atoms with Crippen molar-refractivity contribution < 1.29 is 0 Å². The summed E-state index contributed by atoms with van der Waals surface area (Å²) in [6.07, 6.45) is 3.64. The van der Waals surface area contributed by atoms with Crippen LogP contribution in [0.1, 0.15) is 12.6 Å². The van der Waals surface area contributed by atoms with Crippen LogP contribution in [0.4, 0.5) is 0 Å². The predicted molar refractivity (Wildman–Crippen MR) is 75.1 cm³/mol. The lowest BCUT2D eigenvalue weighted by molar-refractivity contribution is 0.833. The smallest absolute Gasteiger partial charge is 0.204 e. The van der Waals surface area contributed by atoms with E-state index in [0.29, 0.717) is 11.2 Å². The zero-order chi connectivity index (χ0) is 13.2. The lowest BCUT2D eigenvalue weighted by Crippen LogP contribution is -2.37. The molecule has 0 aromatic carbocycles. The Kier molecular flexibility index (Phi) is 6.66. The molecule has 0 spiro atoms. The van der Waals surface area contributed by atoms with Gasteiger partial charge in [0, 0.05) is 30.8 Å². The first-order chi connectivity index (χ1) is 8.76. The Morgan fingerprint density at radius 3 is 3.06 bits per heavy atom. The van der Waals surface area contributed by atoms with E-state index in [9.17, 15) is 0 Å². The van der Waals surface area contributed by atoms with Crippen LogP contribution in [0.3, 0.4) is 0 Å². The van der Waals surface area contributed by atoms with Gasteiger partial charge in [-0.25, -0.2) is 0 Å². The highest BCUT2D eigenvalue weighted by molar-refractivity contribution is 7.99. The molecule has 0 saturated heterocycles. The van der Waals surface area contributed by atoms with Gasteiger partial charge < -0.3 is 5.32 Å². The molecule has 0 amide bonds. The highest BCUT2D eigenvalue weighted by Crippen LogP contribution is 2.15. The Morgan fingerprint density at radius 2 is 2.44 bits per heavy atom. The quantitative estimate of drug-likeness (QED) is 0.363. The molecule has 1 heterocycles. The number of rotatable bonds is 5. The van der Waals surface area contributed by atoms with Gasteiger partial charge in [-0.3, -0.25) is 15.3 Å². The van der Waals surface area contributed by atoms with Crippen LogP contribution < -0.4 is 10.6 Å². The van der Waals surface area contributed by atoms with Crippen LogP contribution >= 0.6 is 11.8 Å². The number of thioether (sulfide) groups is 1. The van der Waals surface area contributed by atoms with Crippen LogP contribution in [0, 0.1) is 11.5 Å². The number of guanidine groups is 1. The lowest BCUT2D eigenvalue weighted by Gasteiger charge is -2.13. The third-order valence-corrected chi connectivity index (χ3v) is 3.39. The summed E-state index contributed by atoms with van der Waals surface area (Å²) in [6, 6.07) is 5.92. The number of nitrogens with one attached hydrogen (secondary N) is 2. The van der Waals surface area contributed by atoms with Gasteiger partial charge in [-0.2, -0.15) is 17.0 Å². The summed E-state index contributed by atoms with van der Waals surface area (Å²) in [6.45, 7) is 2.87. The molecule has 0 aliphatic carbocycles. The van der Waals surface area contributed by atoms with Crippen molar-refractivity contribution in [2.75, 3.05) is 13.6 Å². The van der Waals surface area contributed by atoms with Gasteiger partial charge in [-0.1, -0.05) is 13.0 Å². The van der Waals surface area contributed by atoms with Gasteiger partial charge in [0.15, 0.2) is 6.19 Å². The van der Waals surface area contributed by atoms with Crippen LogP contribution in [-0.4, -0.2) is 29.8 Å². The monoisotopic (exact) mass is 263 g/mol. The Labute approximate surface area is 112 Å². The van der Waals surface area contributed by atoms with Gasteiger partial charge in [0.05, 0.1) is 5.69 Å². The van der Waals surface area contributed by atoms with Crippen molar-refractivity contribution in [1.82, 2.24) is 15.6 Å². The molecule has 0 bridgehead atoms. The normalized spacial score (nSPS) is 12.6. The van der Waals surface area contributed by atoms with E-state index in [4.69, 9.17) is 5.26 Å². The van der Waals surface area contributed by atoms with Gasteiger partial charge in [0.2, 0.25) is 5.96 Å². The Morgan fingerprint density at radius 1 is 1.61 bits per heavy atom. The molecule has 96 valence electrons. The van der Waals surface area contributed by atoms with Gasteiger partial charge >= 0.3 is 0 Å². The summed E-state index contributed by atoms with van der Waals surface area (Å²) < 4.78 is 0. The van der Waals surface area contributed by atoms with E-state index < -0.39 is 0 Å². The molecule has 0 fully saturated rings. The summed E-state index contributed by atoms with van der Waals surface area (Å²) >= 11 is 1.81. The zero-order valence-corrected chi connectivity index (χ0v) is 11.4. The van der Waals surface area contributed by atoms with E-state index >= 15 is 0 Å². The maximum atomic E-state index is 8.49. The van der Waals surface area contributed by atoms with Crippen molar-refractivity contribution in [1.29, 1.82) is 5.26 Å². The first-order valence-electron chi connectivity index (χ1n) is 5.63. The van der Waals surface area contributed by atoms with Crippen LogP contribution in [0.5, 0.6) is 0 Å². The van der Waals surface area contributed by atoms with Crippen molar-refractivity contribution >= 4 is 17.7 Å². The van der Waals surface area contributed by atoms with Gasteiger partial charge in [-0.15, -0.1) is 0 Å². The highest BCUT2D eigenvalue weighted by Gasteiger charge is 2.05. The first-order valence-corrected chi connectivity index (χ1v) is 6.68. The van der Waals surface area contributed by atoms with E-state index in [0.717, 1.165) is 18.0 Å². The van der Waals surface area contributed by atoms with Crippen molar-refractivity contribution in [2.45, 2.75) is 17.9 Å². The molecule has 1 atom stereocenters. The average molecular weight is 263 g/mol. The molecule has 0 saturated carbocycles. The molecule has 1 rings (SSSR count). The second-order valence-corrected chi connectivity index (χ2v) is 5.06. The minimum atomic E-state index is 0.407. The molecule has 5 nitrogen and oxygen atoms in total. The van der Waals surface area contributed by atoms with Gasteiger partial charge in [0.25, 0.3) is 0 Å². The highest BCUT2D eigenvalue weighted by atomic mass is 32.2. The Balaban J connectivity index is 2.26. The molecule has 6 heteroatoms. The van der Waals surface area contributed by atoms with Crippen molar-refractivity contribution in [3.63, 3.8) is 0 Å². The molecule has 0 aliphatic rings. The van der Waals surface area contributed by atoms with Crippen molar-refractivity contribution in [3.8, 4) is 6.19 Å². The number of aliphatic imine (C=N–C) groups is 1. The van der Waals surface area contributed by atoms with Gasteiger partial charge in [0.1, 0.15) is 0 Å². The molecule has 0 aliphatic heterocycles. The fourth-order valence-corrected chi connectivity index (χ4v) is 2.07. The molecule has 1 unspecified atom stereocenters. The zero-order valence-electron chi connectivity index (χ0n) is 10.6. The minimum absolute atomic E-state index is 0.407. The molecule has 0 radical (unpaired) electrons. The number of aromatic nitrogens is 1. The molecule has 2 N–H and O–H groups in total. The van der Waals surface area contributed by atoms with Crippen molar-refractivity contribution in [2.24, 2.45) is 4.99 Å². The van der Waals surface area contributed by atoms with E-state index in [1.165, 1.54) is 0 Å². The second-order valence-electron chi connectivity index (χ2n) is 3.63. The maximum Gasteiger partial charge on any atom is 0.204 e. The van der Waals surface area contributed by atoms with E-state index in [1.807, 2.05) is 36.2 Å². The van der Waals surface area contributed by atoms with Crippen LogP contribution in [0.25, 0.3) is 0 Å². The number of nitriles is 1. The summed E-state index contributed by atoms with van der Waals surface area (Å²) in [5.74, 6) is 1.39. The molecular formula is C12H17N5S. The molecular weight excluding hydrogens is 246 g/mol. The van der Waals surface area contributed by atoms with Crippen LogP contribution in [0.15, 0.2) is 29.4 Å². The average Bonchev–Trinajstić information content (AvgIpc) is 2.42. The van der Waals surface area contributed by atoms with Crippen LogP contribution in [-0.2, 0) is 5.75 Å².